The van der Waals surface area contributed by atoms with Gasteiger partial charge < -0.3 is 15.0 Å². The first-order valence-electron chi connectivity index (χ1n) is 8.89. The van der Waals surface area contributed by atoms with Crippen molar-refractivity contribution in [3.8, 4) is 0 Å². The highest BCUT2D eigenvalue weighted by molar-refractivity contribution is 5.93. The van der Waals surface area contributed by atoms with Gasteiger partial charge in [0.15, 0.2) is 0 Å². The second kappa shape index (κ2) is 7.28. The van der Waals surface area contributed by atoms with Crippen LogP contribution in [-0.4, -0.2) is 40.1 Å². The van der Waals surface area contributed by atoms with Gasteiger partial charge in [-0.15, -0.1) is 0 Å². The number of hydrogen-bond donors (Lipinski definition) is 2. The Balaban J connectivity index is 1.52. The van der Waals surface area contributed by atoms with Crippen LogP contribution in [0.25, 0.3) is 10.9 Å². The second-order valence-corrected chi connectivity index (χ2v) is 6.78. The quantitative estimate of drug-likeness (QED) is 0.733. The summed E-state index contributed by atoms with van der Waals surface area (Å²) in [6, 6.07) is 9.85. The van der Waals surface area contributed by atoms with Gasteiger partial charge in [0.05, 0.1) is 24.8 Å². The standard InChI is InChI=1S/C20H20N4O3/c1-12-22-9-16(19(25)23-12)20(26)24-18-11-27-10-14(18)8-13-6-7-21-17-5-3-2-4-15(13)17/h2-7,9,14,18H,8,10-11H2,1H3,(H,24,26)(H,22,23,25)/t14-,18-/m1/s1. The van der Waals surface area contributed by atoms with Crippen molar-refractivity contribution >= 4 is 16.8 Å². The largest absolute Gasteiger partial charge is 0.379 e. The van der Waals surface area contributed by atoms with E-state index in [1.165, 1.54) is 11.8 Å². The lowest BCUT2D eigenvalue weighted by molar-refractivity contribution is 0.0923. The molecule has 7 nitrogen and oxygen atoms in total. The van der Waals surface area contributed by atoms with Crippen LogP contribution in [0.4, 0.5) is 0 Å². The molecule has 1 amide bonds. The Morgan fingerprint density at radius 1 is 1.26 bits per heavy atom. The van der Waals surface area contributed by atoms with E-state index in [1.54, 1.807) is 13.1 Å². The minimum absolute atomic E-state index is 0.0145. The fourth-order valence-corrected chi connectivity index (χ4v) is 3.47. The van der Waals surface area contributed by atoms with Crippen molar-refractivity contribution in [2.24, 2.45) is 5.92 Å². The minimum atomic E-state index is -0.435. The average Bonchev–Trinajstić information content (AvgIpc) is 3.08. The zero-order chi connectivity index (χ0) is 18.8. The average molecular weight is 364 g/mol. The van der Waals surface area contributed by atoms with Gasteiger partial charge in [-0.2, -0.15) is 0 Å². The molecule has 0 bridgehead atoms. The summed E-state index contributed by atoms with van der Waals surface area (Å²) in [5.41, 5.74) is 1.70. The first-order chi connectivity index (χ1) is 13.1. The molecule has 0 saturated carbocycles. The second-order valence-electron chi connectivity index (χ2n) is 6.78. The van der Waals surface area contributed by atoms with Crippen LogP contribution < -0.4 is 10.9 Å². The number of carbonyl (C=O) groups is 1. The molecule has 7 heteroatoms. The van der Waals surface area contributed by atoms with Crippen LogP contribution in [0.15, 0.2) is 47.5 Å². The van der Waals surface area contributed by atoms with Crippen molar-refractivity contribution in [1.29, 1.82) is 0 Å². The number of aromatic amines is 1. The molecule has 1 fully saturated rings. The summed E-state index contributed by atoms with van der Waals surface area (Å²) in [5, 5.41) is 4.04. The van der Waals surface area contributed by atoms with E-state index >= 15 is 0 Å². The zero-order valence-electron chi connectivity index (χ0n) is 14.9. The third-order valence-corrected chi connectivity index (χ3v) is 4.91. The predicted octanol–water partition coefficient (Wildman–Crippen LogP) is 1.61. The Labute approximate surface area is 155 Å². The smallest absolute Gasteiger partial charge is 0.263 e. The summed E-state index contributed by atoms with van der Waals surface area (Å²) in [7, 11) is 0. The molecule has 1 aliphatic heterocycles. The van der Waals surface area contributed by atoms with Crippen LogP contribution in [0.1, 0.15) is 21.7 Å². The summed E-state index contributed by atoms with van der Waals surface area (Å²) in [6.45, 7) is 2.66. The zero-order valence-corrected chi connectivity index (χ0v) is 14.9. The fraction of sp³-hybridized carbons (Fsp3) is 0.300. The molecule has 3 aromatic rings. The molecular weight excluding hydrogens is 344 g/mol. The van der Waals surface area contributed by atoms with E-state index in [4.69, 9.17) is 4.74 Å². The van der Waals surface area contributed by atoms with E-state index in [0.29, 0.717) is 19.0 Å². The van der Waals surface area contributed by atoms with E-state index in [2.05, 4.69) is 26.3 Å². The SMILES string of the molecule is Cc1ncc(C(=O)N[C@@H]2COC[C@H]2Cc2ccnc3ccccc23)c(=O)[nH]1. The molecule has 1 saturated heterocycles. The van der Waals surface area contributed by atoms with Crippen molar-refractivity contribution in [1.82, 2.24) is 20.3 Å². The number of rotatable bonds is 4. The third kappa shape index (κ3) is 3.59. The van der Waals surface area contributed by atoms with Crippen molar-refractivity contribution in [2.75, 3.05) is 13.2 Å². The summed E-state index contributed by atoms with van der Waals surface area (Å²) >= 11 is 0. The molecule has 1 aromatic carbocycles. The van der Waals surface area contributed by atoms with Gasteiger partial charge in [0.1, 0.15) is 11.4 Å². The minimum Gasteiger partial charge on any atom is -0.379 e. The van der Waals surface area contributed by atoms with Gasteiger partial charge >= 0.3 is 0 Å². The predicted molar refractivity (Wildman–Crippen MR) is 101 cm³/mol. The monoisotopic (exact) mass is 364 g/mol. The van der Waals surface area contributed by atoms with E-state index in [0.717, 1.165) is 17.3 Å². The first-order valence-corrected chi connectivity index (χ1v) is 8.89. The maximum Gasteiger partial charge on any atom is 0.263 e. The number of amides is 1. The Morgan fingerprint density at radius 2 is 2.11 bits per heavy atom. The lowest BCUT2D eigenvalue weighted by Crippen LogP contribution is -2.42. The highest BCUT2D eigenvalue weighted by Gasteiger charge is 2.31. The van der Waals surface area contributed by atoms with Crippen LogP contribution in [-0.2, 0) is 11.2 Å². The Kier molecular flexibility index (Phi) is 4.68. The van der Waals surface area contributed by atoms with Crippen LogP contribution in [0.3, 0.4) is 0 Å². The number of aryl methyl sites for hydroxylation is 1. The van der Waals surface area contributed by atoms with Crippen LogP contribution in [0.5, 0.6) is 0 Å². The normalized spacial score (nSPS) is 19.3. The third-order valence-electron chi connectivity index (χ3n) is 4.91. The number of aromatic nitrogens is 3. The Morgan fingerprint density at radius 3 is 2.96 bits per heavy atom. The van der Waals surface area contributed by atoms with Crippen molar-refractivity contribution in [3.05, 3.63) is 70.0 Å². The number of H-pyrrole nitrogens is 1. The fourth-order valence-electron chi connectivity index (χ4n) is 3.47. The number of hydrogen-bond acceptors (Lipinski definition) is 5. The summed E-state index contributed by atoms with van der Waals surface area (Å²) in [5.74, 6) is 0.171. The van der Waals surface area contributed by atoms with Crippen LogP contribution in [0.2, 0.25) is 0 Å². The number of fused-ring (bicyclic) bond motifs is 1. The van der Waals surface area contributed by atoms with Crippen molar-refractivity contribution < 1.29 is 9.53 Å². The molecule has 4 rings (SSSR count). The molecule has 27 heavy (non-hydrogen) atoms. The lowest BCUT2D eigenvalue weighted by atomic mass is 9.93. The van der Waals surface area contributed by atoms with E-state index in [1.807, 2.05) is 24.3 Å². The summed E-state index contributed by atoms with van der Waals surface area (Å²) in [4.78, 5) is 35.4. The maximum absolute atomic E-state index is 12.5. The number of carbonyl (C=O) groups excluding carboxylic acids is 1. The molecule has 2 atom stereocenters. The number of nitrogens with zero attached hydrogens (tertiary/aromatic N) is 2. The first kappa shape index (κ1) is 17.4. The number of nitrogens with one attached hydrogen (secondary N) is 2. The number of pyridine rings is 1. The van der Waals surface area contributed by atoms with E-state index in [-0.39, 0.29) is 17.5 Å². The number of ether oxygens (including phenoxy) is 1. The van der Waals surface area contributed by atoms with Crippen LogP contribution >= 0.6 is 0 Å². The molecule has 0 radical (unpaired) electrons. The Bertz CT molecular complexity index is 1040. The molecule has 3 heterocycles. The van der Waals surface area contributed by atoms with Crippen molar-refractivity contribution in [3.63, 3.8) is 0 Å². The summed E-state index contributed by atoms with van der Waals surface area (Å²) < 4.78 is 5.61. The van der Waals surface area contributed by atoms with E-state index in [9.17, 15) is 9.59 Å². The molecule has 0 aliphatic carbocycles. The molecule has 2 N–H and O–H groups in total. The Hall–Kier alpha value is -3.06. The molecule has 2 aromatic heterocycles. The molecule has 138 valence electrons. The number of benzene rings is 1. The summed E-state index contributed by atoms with van der Waals surface area (Å²) in [6.07, 6.45) is 3.87. The van der Waals surface area contributed by atoms with Gasteiger partial charge in [-0.3, -0.25) is 14.6 Å². The molecule has 0 spiro atoms. The molecule has 1 aliphatic rings. The number of para-hydroxylation sites is 1. The van der Waals surface area contributed by atoms with Gasteiger partial charge in [-0.25, -0.2) is 4.98 Å². The molecule has 0 unspecified atom stereocenters. The van der Waals surface area contributed by atoms with E-state index < -0.39 is 11.5 Å². The highest BCUT2D eigenvalue weighted by Crippen LogP contribution is 2.24. The van der Waals surface area contributed by atoms with Gasteiger partial charge in [0.2, 0.25) is 0 Å². The van der Waals surface area contributed by atoms with Gasteiger partial charge in [-0.05, 0) is 31.0 Å². The maximum atomic E-state index is 12.5. The van der Waals surface area contributed by atoms with Gasteiger partial charge in [0.25, 0.3) is 11.5 Å². The highest BCUT2D eigenvalue weighted by atomic mass is 16.5. The topological polar surface area (TPSA) is 97.0 Å². The van der Waals surface area contributed by atoms with Crippen LogP contribution in [0, 0.1) is 12.8 Å². The van der Waals surface area contributed by atoms with Crippen molar-refractivity contribution in [2.45, 2.75) is 19.4 Å². The van der Waals surface area contributed by atoms with Gasteiger partial charge in [0, 0.05) is 23.7 Å². The van der Waals surface area contributed by atoms with Gasteiger partial charge in [-0.1, -0.05) is 18.2 Å². The lowest BCUT2D eigenvalue weighted by Gasteiger charge is -2.19. The molecular formula is C20H20N4O3.